The summed E-state index contributed by atoms with van der Waals surface area (Å²) in [5, 5.41) is 9.44. The van der Waals surface area contributed by atoms with Crippen LogP contribution in [0.5, 0.6) is 11.5 Å². The van der Waals surface area contributed by atoms with Gasteiger partial charge in [0, 0.05) is 5.56 Å². The smallest absolute Gasteiger partial charge is 0.170 e. The van der Waals surface area contributed by atoms with Crippen LogP contribution < -0.4 is 15.2 Å². The first-order valence-electron chi connectivity index (χ1n) is 6.39. The standard InChI is InChI=1S/C17H16N2O2/c1-20-15-10-6-9-13(17(15)21-2)16(19)14(11-18)12-7-4-3-5-8-12/h3-10H,19H2,1-2H3/b16-14+. The van der Waals surface area contributed by atoms with Crippen LogP contribution in [0.2, 0.25) is 0 Å². The van der Waals surface area contributed by atoms with Crippen LogP contribution in [0.15, 0.2) is 48.5 Å². The van der Waals surface area contributed by atoms with E-state index in [4.69, 9.17) is 15.2 Å². The zero-order valence-corrected chi connectivity index (χ0v) is 12.0. The Balaban J connectivity index is 2.65. The number of ether oxygens (including phenoxy) is 2. The first-order valence-corrected chi connectivity index (χ1v) is 6.39. The van der Waals surface area contributed by atoms with Crippen LogP contribution in [0.3, 0.4) is 0 Å². The highest BCUT2D eigenvalue weighted by atomic mass is 16.5. The number of rotatable bonds is 4. The maximum Gasteiger partial charge on any atom is 0.170 e. The summed E-state index contributed by atoms with van der Waals surface area (Å²) in [7, 11) is 3.10. The molecular weight excluding hydrogens is 264 g/mol. The van der Waals surface area contributed by atoms with E-state index in [2.05, 4.69) is 6.07 Å². The van der Waals surface area contributed by atoms with E-state index in [0.717, 1.165) is 5.56 Å². The summed E-state index contributed by atoms with van der Waals surface area (Å²) in [4.78, 5) is 0. The summed E-state index contributed by atoms with van der Waals surface area (Å²) < 4.78 is 10.6. The molecule has 0 unspecified atom stereocenters. The van der Waals surface area contributed by atoms with Crippen molar-refractivity contribution in [1.29, 1.82) is 5.26 Å². The molecule has 0 fully saturated rings. The topological polar surface area (TPSA) is 68.3 Å². The first-order chi connectivity index (χ1) is 10.2. The molecule has 106 valence electrons. The second-order valence-corrected chi connectivity index (χ2v) is 4.31. The Morgan fingerprint density at radius 3 is 2.29 bits per heavy atom. The lowest BCUT2D eigenvalue weighted by molar-refractivity contribution is 0.354. The van der Waals surface area contributed by atoms with Crippen molar-refractivity contribution in [2.45, 2.75) is 0 Å². The van der Waals surface area contributed by atoms with E-state index in [1.807, 2.05) is 36.4 Å². The van der Waals surface area contributed by atoms with E-state index < -0.39 is 0 Å². The van der Waals surface area contributed by atoms with E-state index >= 15 is 0 Å². The summed E-state index contributed by atoms with van der Waals surface area (Å²) in [6.45, 7) is 0. The second kappa shape index (κ2) is 6.49. The quantitative estimate of drug-likeness (QED) is 0.690. The van der Waals surface area contributed by atoms with Gasteiger partial charge in [-0.3, -0.25) is 0 Å². The fourth-order valence-corrected chi connectivity index (χ4v) is 2.12. The molecule has 0 aliphatic heterocycles. The predicted molar refractivity (Wildman–Crippen MR) is 82.6 cm³/mol. The second-order valence-electron chi connectivity index (χ2n) is 4.31. The summed E-state index contributed by atoms with van der Waals surface area (Å²) in [6, 6.07) is 16.9. The monoisotopic (exact) mass is 280 g/mol. The molecule has 2 N–H and O–H groups in total. The van der Waals surface area contributed by atoms with Crippen molar-refractivity contribution in [3.8, 4) is 17.6 Å². The number of methoxy groups -OCH3 is 2. The molecule has 0 aliphatic rings. The van der Waals surface area contributed by atoms with E-state index in [1.54, 1.807) is 26.4 Å². The summed E-state index contributed by atoms with van der Waals surface area (Å²) in [6.07, 6.45) is 0. The summed E-state index contributed by atoms with van der Waals surface area (Å²) in [5.74, 6) is 1.09. The lowest BCUT2D eigenvalue weighted by Crippen LogP contribution is -2.04. The van der Waals surface area contributed by atoms with E-state index in [1.165, 1.54) is 0 Å². The molecule has 4 heteroatoms. The van der Waals surface area contributed by atoms with Crippen molar-refractivity contribution in [2.24, 2.45) is 5.73 Å². The van der Waals surface area contributed by atoms with Gasteiger partial charge in [-0.2, -0.15) is 5.26 Å². The van der Waals surface area contributed by atoms with Crippen molar-refractivity contribution in [3.05, 3.63) is 59.7 Å². The number of allylic oxidation sites excluding steroid dienone is 1. The lowest BCUT2D eigenvalue weighted by Gasteiger charge is -2.14. The maximum absolute atomic E-state index is 9.44. The normalized spacial score (nSPS) is 11.3. The van der Waals surface area contributed by atoms with Crippen LogP contribution in [0, 0.1) is 11.3 Å². The number of nitriles is 1. The number of nitrogens with zero attached hydrogens (tertiary/aromatic N) is 1. The number of para-hydroxylation sites is 1. The third-order valence-corrected chi connectivity index (χ3v) is 3.14. The molecule has 0 amide bonds. The van der Waals surface area contributed by atoms with Crippen molar-refractivity contribution in [3.63, 3.8) is 0 Å². The minimum Gasteiger partial charge on any atom is -0.493 e. The van der Waals surface area contributed by atoms with Crippen LogP contribution in [0.25, 0.3) is 11.3 Å². The average Bonchev–Trinajstić information content (AvgIpc) is 2.55. The van der Waals surface area contributed by atoms with E-state index in [9.17, 15) is 5.26 Å². The van der Waals surface area contributed by atoms with Gasteiger partial charge in [0.2, 0.25) is 0 Å². The van der Waals surface area contributed by atoms with Gasteiger partial charge in [0.15, 0.2) is 11.5 Å². The van der Waals surface area contributed by atoms with Gasteiger partial charge in [-0.15, -0.1) is 0 Å². The highest BCUT2D eigenvalue weighted by molar-refractivity contribution is 5.97. The van der Waals surface area contributed by atoms with Gasteiger partial charge in [-0.05, 0) is 17.7 Å². The summed E-state index contributed by atoms with van der Waals surface area (Å²) in [5.41, 5.74) is 8.37. The molecule has 4 nitrogen and oxygen atoms in total. The molecule has 0 saturated carbocycles. The third-order valence-electron chi connectivity index (χ3n) is 3.14. The van der Waals surface area contributed by atoms with Crippen LogP contribution >= 0.6 is 0 Å². The highest BCUT2D eigenvalue weighted by Gasteiger charge is 2.15. The Morgan fingerprint density at radius 1 is 1.00 bits per heavy atom. The van der Waals surface area contributed by atoms with Crippen LogP contribution in [-0.4, -0.2) is 14.2 Å². The van der Waals surface area contributed by atoms with Crippen LogP contribution in [0.4, 0.5) is 0 Å². The van der Waals surface area contributed by atoms with E-state index in [-0.39, 0.29) is 0 Å². The van der Waals surface area contributed by atoms with Crippen molar-refractivity contribution in [2.75, 3.05) is 14.2 Å². The van der Waals surface area contributed by atoms with Gasteiger partial charge < -0.3 is 15.2 Å². The van der Waals surface area contributed by atoms with Crippen LogP contribution in [-0.2, 0) is 0 Å². The Labute approximate surface area is 124 Å². The Kier molecular flexibility index (Phi) is 4.47. The highest BCUT2D eigenvalue weighted by Crippen LogP contribution is 2.35. The first kappa shape index (κ1) is 14.5. The largest absolute Gasteiger partial charge is 0.493 e. The molecule has 2 aromatic carbocycles. The Bertz CT molecular complexity index is 700. The van der Waals surface area contributed by atoms with E-state index in [0.29, 0.717) is 28.3 Å². The minimum atomic E-state index is 0.361. The van der Waals surface area contributed by atoms with Gasteiger partial charge in [0.25, 0.3) is 0 Å². The average molecular weight is 280 g/mol. The van der Waals surface area contributed by atoms with Gasteiger partial charge in [0.1, 0.15) is 6.07 Å². The van der Waals surface area contributed by atoms with Gasteiger partial charge in [0.05, 0.1) is 25.5 Å². The summed E-state index contributed by atoms with van der Waals surface area (Å²) >= 11 is 0. The molecule has 0 saturated heterocycles. The zero-order chi connectivity index (χ0) is 15.2. The Morgan fingerprint density at radius 2 is 1.71 bits per heavy atom. The third kappa shape index (κ3) is 2.82. The SMILES string of the molecule is COc1cccc(/C(N)=C(/C#N)c2ccccc2)c1OC. The predicted octanol–water partition coefficient (Wildman–Crippen LogP) is 3.05. The van der Waals surface area contributed by atoms with Crippen molar-refractivity contribution < 1.29 is 9.47 Å². The Hall–Kier alpha value is -2.93. The van der Waals surface area contributed by atoms with Gasteiger partial charge >= 0.3 is 0 Å². The maximum atomic E-state index is 9.44. The molecule has 2 aromatic rings. The molecule has 21 heavy (non-hydrogen) atoms. The fourth-order valence-electron chi connectivity index (χ4n) is 2.12. The zero-order valence-electron chi connectivity index (χ0n) is 12.0. The molecule has 2 rings (SSSR count). The molecule has 0 spiro atoms. The minimum absolute atomic E-state index is 0.361. The van der Waals surface area contributed by atoms with Gasteiger partial charge in [-0.25, -0.2) is 0 Å². The molecule has 0 aromatic heterocycles. The molecule has 0 aliphatic carbocycles. The number of hydrogen-bond donors (Lipinski definition) is 1. The fraction of sp³-hybridized carbons (Fsp3) is 0.118. The molecule has 0 radical (unpaired) electrons. The van der Waals surface area contributed by atoms with Gasteiger partial charge in [-0.1, -0.05) is 36.4 Å². The lowest BCUT2D eigenvalue weighted by atomic mass is 10.00. The van der Waals surface area contributed by atoms with Crippen LogP contribution in [0.1, 0.15) is 11.1 Å². The van der Waals surface area contributed by atoms with Crippen molar-refractivity contribution >= 4 is 11.3 Å². The van der Waals surface area contributed by atoms with Crippen molar-refractivity contribution in [1.82, 2.24) is 0 Å². The number of nitrogens with two attached hydrogens (primary N) is 1. The molecular formula is C17H16N2O2. The molecule has 0 bridgehead atoms. The number of benzene rings is 2. The number of hydrogen-bond acceptors (Lipinski definition) is 4. The molecule has 0 atom stereocenters. The molecule has 0 heterocycles.